The van der Waals surface area contributed by atoms with E-state index in [4.69, 9.17) is 9.47 Å². The summed E-state index contributed by atoms with van der Waals surface area (Å²) in [4.78, 5) is 24.3. The first-order valence-corrected chi connectivity index (χ1v) is 8.68. The van der Waals surface area contributed by atoms with Gasteiger partial charge in [0.2, 0.25) is 0 Å². The van der Waals surface area contributed by atoms with Crippen LogP contribution < -0.4 is 10.1 Å². The maximum Gasteiger partial charge on any atom is 0.338 e. The molecule has 0 fully saturated rings. The van der Waals surface area contributed by atoms with Crippen LogP contribution in [0.5, 0.6) is 5.75 Å². The molecule has 0 aromatic heterocycles. The van der Waals surface area contributed by atoms with Gasteiger partial charge in [0.25, 0.3) is 5.91 Å². The second-order valence-corrected chi connectivity index (χ2v) is 6.39. The quantitative estimate of drug-likeness (QED) is 0.713. The number of rotatable bonds is 6. The number of hydrogen-bond donors (Lipinski definition) is 1. The molecule has 6 heteroatoms. The monoisotopic (exact) mass is 405 g/mol. The molecule has 0 aliphatic carbocycles. The van der Waals surface area contributed by atoms with Crippen LogP contribution in [0, 0.1) is 6.92 Å². The van der Waals surface area contributed by atoms with Crippen LogP contribution in [0.2, 0.25) is 0 Å². The molecule has 2 aromatic rings. The Morgan fingerprint density at radius 1 is 1.16 bits per heavy atom. The number of anilines is 1. The summed E-state index contributed by atoms with van der Waals surface area (Å²) in [6.45, 7) is 4.19. The zero-order chi connectivity index (χ0) is 18.4. The molecule has 0 unspecified atom stereocenters. The molecule has 25 heavy (non-hydrogen) atoms. The van der Waals surface area contributed by atoms with Crippen LogP contribution in [0.25, 0.3) is 0 Å². The second kappa shape index (κ2) is 8.67. The van der Waals surface area contributed by atoms with E-state index in [0.717, 1.165) is 16.5 Å². The molecule has 1 N–H and O–H groups in total. The fraction of sp³-hybridized carbons (Fsp3) is 0.263. The van der Waals surface area contributed by atoms with Crippen molar-refractivity contribution in [2.75, 3.05) is 19.0 Å². The number of ether oxygens (including phenoxy) is 2. The molecule has 0 bridgehead atoms. The highest BCUT2D eigenvalue weighted by Crippen LogP contribution is 2.28. The average Bonchev–Trinajstić information content (AvgIpc) is 2.59. The van der Waals surface area contributed by atoms with E-state index in [0.29, 0.717) is 29.2 Å². The normalized spacial score (nSPS) is 10.2. The number of carbonyl (C=O) groups excluding carboxylic acids is 2. The maximum absolute atomic E-state index is 12.6. The van der Waals surface area contributed by atoms with Crippen LogP contribution in [-0.2, 0) is 4.74 Å². The Balaban J connectivity index is 2.15. The van der Waals surface area contributed by atoms with Gasteiger partial charge in [0, 0.05) is 10.2 Å². The zero-order valence-electron chi connectivity index (χ0n) is 14.4. The SMILES string of the molecule is CCCOC(=O)c1ccc(NC(=O)c2cc(Br)cc(C)c2OC)cc1. The van der Waals surface area contributed by atoms with E-state index in [1.54, 1.807) is 30.3 Å². The minimum Gasteiger partial charge on any atom is -0.496 e. The Bertz CT molecular complexity index is 772. The van der Waals surface area contributed by atoms with Gasteiger partial charge in [-0.05, 0) is 55.3 Å². The molecule has 0 heterocycles. The van der Waals surface area contributed by atoms with Gasteiger partial charge in [-0.15, -0.1) is 0 Å². The fourth-order valence-corrected chi connectivity index (χ4v) is 2.91. The van der Waals surface area contributed by atoms with Gasteiger partial charge in [-0.1, -0.05) is 22.9 Å². The van der Waals surface area contributed by atoms with Crippen molar-refractivity contribution < 1.29 is 19.1 Å². The summed E-state index contributed by atoms with van der Waals surface area (Å²) in [7, 11) is 1.53. The van der Waals surface area contributed by atoms with Crippen molar-refractivity contribution in [2.24, 2.45) is 0 Å². The van der Waals surface area contributed by atoms with Crippen molar-refractivity contribution in [2.45, 2.75) is 20.3 Å². The van der Waals surface area contributed by atoms with Crippen LogP contribution in [-0.4, -0.2) is 25.6 Å². The molecule has 5 nitrogen and oxygen atoms in total. The van der Waals surface area contributed by atoms with Gasteiger partial charge in [-0.2, -0.15) is 0 Å². The fourth-order valence-electron chi connectivity index (χ4n) is 2.34. The molecule has 0 radical (unpaired) electrons. The third-order valence-electron chi connectivity index (χ3n) is 3.50. The highest BCUT2D eigenvalue weighted by Gasteiger charge is 2.16. The predicted octanol–water partition coefficient (Wildman–Crippen LogP) is 4.59. The molecule has 1 amide bonds. The largest absolute Gasteiger partial charge is 0.496 e. The van der Waals surface area contributed by atoms with E-state index >= 15 is 0 Å². The molecule has 0 aliphatic rings. The van der Waals surface area contributed by atoms with Gasteiger partial charge < -0.3 is 14.8 Å². The van der Waals surface area contributed by atoms with Crippen molar-refractivity contribution in [1.82, 2.24) is 0 Å². The zero-order valence-corrected chi connectivity index (χ0v) is 16.0. The highest BCUT2D eigenvalue weighted by molar-refractivity contribution is 9.10. The lowest BCUT2D eigenvalue weighted by atomic mass is 10.1. The van der Waals surface area contributed by atoms with Crippen molar-refractivity contribution >= 4 is 33.5 Å². The minimum absolute atomic E-state index is 0.289. The summed E-state index contributed by atoms with van der Waals surface area (Å²) in [6, 6.07) is 10.2. The molecular formula is C19H20BrNO4. The van der Waals surface area contributed by atoms with Gasteiger partial charge in [0.1, 0.15) is 5.75 Å². The topological polar surface area (TPSA) is 64.6 Å². The maximum atomic E-state index is 12.6. The third kappa shape index (κ3) is 4.82. The van der Waals surface area contributed by atoms with Gasteiger partial charge in [0.05, 0.1) is 24.8 Å². The Labute approximate surface area is 155 Å². The summed E-state index contributed by atoms with van der Waals surface area (Å²) in [5, 5.41) is 2.80. The first-order chi connectivity index (χ1) is 12.0. The first kappa shape index (κ1) is 19.0. The summed E-state index contributed by atoms with van der Waals surface area (Å²) in [6.07, 6.45) is 0.772. The van der Waals surface area contributed by atoms with Crippen molar-refractivity contribution in [3.8, 4) is 5.75 Å². The summed E-state index contributed by atoms with van der Waals surface area (Å²) >= 11 is 3.39. The average molecular weight is 406 g/mol. The van der Waals surface area contributed by atoms with Crippen LogP contribution >= 0.6 is 15.9 Å². The predicted molar refractivity (Wildman–Crippen MR) is 100 cm³/mol. The van der Waals surface area contributed by atoms with Crippen molar-refractivity contribution in [3.63, 3.8) is 0 Å². The van der Waals surface area contributed by atoms with Gasteiger partial charge in [-0.3, -0.25) is 4.79 Å². The van der Waals surface area contributed by atoms with Crippen LogP contribution in [0.1, 0.15) is 39.6 Å². The number of carbonyl (C=O) groups is 2. The van der Waals surface area contributed by atoms with E-state index in [9.17, 15) is 9.59 Å². The van der Waals surface area contributed by atoms with E-state index < -0.39 is 0 Å². The van der Waals surface area contributed by atoms with Gasteiger partial charge in [-0.25, -0.2) is 4.79 Å². The minimum atomic E-state index is -0.371. The lowest BCUT2D eigenvalue weighted by Crippen LogP contribution is -2.14. The summed E-state index contributed by atoms with van der Waals surface area (Å²) in [5.74, 6) is -0.132. The highest BCUT2D eigenvalue weighted by atomic mass is 79.9. The molecule has 2 aromatic carbocycles. The Hall–Kier alpha value is -2.34. The number of hydrogen-bond acceptors (Lipinski definition) is 4. The van der Waals surface area contributed by atoms with Gasteiger partial charge in [0.15, 0.2) is 0 Å². The molecule has 0 spiro atoms. The molecule has 0 atom stereocenters. The summed E-state index contributed by atoms with van der Waals surface area (Å²) in [5.41, 5.74) is 2.32. The molecule has 0 saturated heterocycles. The number of methoxy groups -OCH3 is 1. The molecule has 0 saturated carbocycles. The van der Waals surface area contributed by atoms with Crippen LogP contribution in [0.15, 0.2) is 40.9 Å². The molecular weight excluding hydrogens is 386 g/mol. The summed E-state index contributed by atoms with van der Waals surface area (Å²) < 4.78 is 11.2. The number of benzene rings is 2. The lowest BCUT2D eigenvalue weighted by molar-refractivity contribution is 0.0505. The number of halogens is 1. The molecule has 0 aliphatic heterocycles. The number of aryl methyl sites for hydroxylation is 1. The van der Waals surface area contributed by atoms with E-state index in [2.05, 4.69) is 21.2 Å². The Morgan fingerprint density at radius 2 is 1.84 bits per heavy atom. The van der Waals surface area contributed by atoms with E-state index in [1.807, 2.05) is 19.9 Å². The van der Waals surface area contributed by atoms with E-state index in [-0.39, 0.29) is 11.9 Å². The van der Waals surface area contributed by atoms with E-state index in [1.165, 1.54) is 7.11 Å². The first-order valence-electron chi connectivity index (χ1n) is 7.89. The number of nitrogens with one attached hydrogen (secondary N) is 1. The molecule has 132 valence electrons. The lowest BCUT2D eigenvalue weighted by Gasteiger charge is -2.12. The van der Waals surface area contributed by atoms with Crippen LogP contribution in [0.4, 0.5) is 5.69 Å². The van der Waals surface area contributed by atoms with Crippen molar-refractivity contribution in [1.29, 1.82) is 0 Å². The Morgan fingerprint density at radius 3 is 2.44 bits per heavy atom. The number of esters is 1. The second-order valence-electron chi connectivity index (χ2n) is 5.47. The molecule has 2 rings (SSSR count). The standard InChI is InChI=1S/C19H20BrNO4/c1-4-9-25-19(23)13-5-7-15(8-6-13)21-18(22)16-11-14(20)10-12(2)17(16)24-3/h5-8,10-11H,4,9H2,1-3H3,(H,21,22). The smallest absolute Gasteiger partial charge is 0.338 e. The van der Waals surface area contributed by atoms with Crippen LogP contribution in [0.3, 0.4) is 0 Å². The van der Waals surface area contributed by atoms with Crippen molar-refractivity contribution in [3.05, 3.63) is 57.6 Å². The third-order valence-corrected chi connectivity index (χ3v) is 3.96. The number of amides is 1. The Kier molecular flexibility index (Phi) is 6.58. The van der Waals surface area contributed by atoms with Gasteiger partial charge >= 0.3 is 5.97 Å².